The van der Waals surface area contributed by atoms with Crippen molar-refractivity contribution in [1.29, 1.82) is 0 Å². The Kier molecular flexibility index (Phi) is 3.62. The molecule has 7 heteroatoms. The SMILES string of the molecule is CC(F)(F)C(=O)Nc1cc(Cl)c(Br)cn1. The Bertz CT molecular complexity index is 395. The van der Waals surface area contributed by atoms with Gasteiger partial charge in [-0.2, -0.15) is 8.78 Å². The van der Waals surface area contributed by atoms with Crippen LogP contribution in [0.5, 0.6) is 0 Å². The maximum atomic E-state index is 12.5. The van der Waals surface area contributed by atoms with Crippen LogP contribution in [0.3, 0.4) is 0 Å². The molecule has 0 aliphatic heterocycles. The van der Waals surface area contributed by atoms with Gasteiger partial charge in [0, 0.05) is 19.2 Å². The summed E-state index contributed by atoms with van der Waals surface area (Å²) in [6.07, 6.45) is 1.31. The number of aromatic nitrogens is 1. The Labute approximate surface area is 98.0 Å². The van der Waals surface area contributed by atoms with Gasteiger partial charge in [-0.05, 0) is 15.9 Å². The fourth-order valence-corrected chi connectivity index (χ4v) is 1.08. The first-order valence-electron chi connectivity index (χ1n) is 3.81. The highest BCUT2D eigenvalue weighted by Crippen LogP contribution is 2.24. The molecule has 0 unspecified atom stereocenters. The van der Waals surface area contributed by atoms with Crippen LogP contribution < -0.4 is 5.32 Å². The van der Waals surface area contributed by atoms with E-state index in [0.29, 0.717) is 11.4 Å². The van der Waals surface area contributed by atoms with Crippen molar-refractivity contribution in [1.82, 2.24) is 4.98 Å². The van der Waals surface area contributed by atoms with E-state index in [9.17, 15) is 13.6 Å². The predicted octanol–water partition coefficient (Wildman–Crippen LogP) is 3.09. The van der Waals surface area contributed by atoms with E-state index in [-0.39, 0.29) is 10.8 Å². The van der Waals surface area contributed by atoms with Gasteiger partial charge in [-0.15, -0.1) is 0 Å². The van der Waals surface area contributed by atoms with E-state index in [4.69, 9.17) is 11.6 Å². The minimum absolute atomic E-state index is 0.0188. The Morgan fingerprint density at radius 1 is 1.67 bits per heavy atom. The van der Waals surface area contributed by atoms with Crippen molar-refractivity contribution in [2.75, 3.05) is 5.32 Å². The lowest BCUT2D eigenvalue weighted by molar-refractivity contribution is -0.137. The van der Waals surface area contributed by atoms with E-state index in [1.54, 1.807) is 0 Å². The van der Waals surface area contributed by atoms with Gasteiger partial charge in [0.15, 0.2) is 0 Å². The molecule has 0 radical (unpaired) electrons. The number of nitrogens with zero attached hydrogens (tertiary/aromatic N) is 1. The number of carbonyl (C=O) groups is 1. The first-order valence-corrected chi connectivity index (χ1v) is 4.98. The number of hydrogen-bond acceptors (Lipinski definition) is 2. The van der Waals surface area contributed by atoms with Gasteiger partial charge in [-0.25, -0.2) is 4.98 Å². The first kappa shape index (κ1) is 12.3. The van der Waals surface area contributed by atoms with E-state index in [1.165, 1.54) is 12.3 Å². The number of amides is 1. The molecule has 0 saturated heterocycles. The molecule has 1 rings (SSSR count). The molecule has 0 saturated carbocycles. The molecule has 3 nitrogen and oxygen atoms in total. The Morgan fingerprint density at radius 3 is 2.73 bits per heavy atom. The zero-order chi connectivity index (χ0) is 11.6. The van der Waals surface area contributed by atoms with Gasteiger partial charge < -0.3 is 5.32 Å². The first-order chi connectivity index (χ1) is 6.80. The van der Waals surface area contributed by atoms with Crippen molar-refractivity contribution in [2.24, 2.45) is 0 Å². The summed E-state index contributed by atoms with van der Waals surface area (Å²) in [4.78, 5) is 14.6. The van der Waals surface area contributed by atoms with E-state index >= 15 is 0 Å². The van der Waals surface area contributed by atoms with Crippen LogP contribution in [0.1, 0.15) is 6.92 Å². The second-order valence-corrected chi connectivity index (χ2v) is 4.09. The Morgan fingerprint density at radius 2 is 2.27 bits per heavy atom. The fraction of sp³-hybridized carbons (Fsp3) is 0.250. The number of anilines is 1. The van der Waals surface area contributed by atoms with Gasteiger partial charge in [0.25, 0.3) is 5.91 Å². The minimum atomic E-state index is -3.44. The van der Waals surface area contributed by atoms with Crippen LogP contribution in [0.2, 0.25) is 5.02 Å². The third-order valence-corrected chi connectivity index (χ3v) is 2.62. The van der Waals surface area contributed by atoms with Crippen LogP contribution in [-0.4, -0.2) is 16.8 Å². The average Bonchev–Trinajstić information content (AvgIpc) is 2.10. The van der Waals surface area contributed by atoms with E-state index in [1.807, 2.05) is 5.32 Å². The molecule has 0 aliphatic rings. The van der Waals surface area contributed by atoms with Gasteiger partial charge in [-0.1, -0.05) is 11.6 Å². The predicted molar refractivity (Wildman–Crippen MR) is 56.2 cm³/mol. The number of carbonyl (C=O) groups excluding carboxylic acids is 1. The molecule has 1 N–H and O–H groups in total. The Balaban J connectivity index is 2.83. The van der Waals surface area contributed by atoms with Crippen molar-refractivity contribution >= 4 is 39.3 Å². The summed E-state index contributed by atoms with van der Waals surface area (Å²) in [5, 5.41) is 2.22. The van der Waals surface area contributed by atoms with Crippen LogP contribution in [0.15, 0.2) is 16.7 Å². The average molecular weight is 300 g/mol. The number of alkyl halides is 2. The molecule has 1 heterocycles. The Hall–Kier alpha value is -0.750. The number of halogens is 4. The molecule has 0 atom stereocenters. The lowest BCUT2D eigenvalue weighted by atomic mass is 10.3. The molecule has 1 amide bonds. The molecule has 1 aromatic rings. The largest absolute Gasteiger partial charge is 0.322 e. The van der Waals surface area contributed by atoms with E-state index in [0.717, 1.165) is 0 Å². The maximum Gasteiger partial charge on any atom is 0.322 e. The van der Waals surface area contributed by atoms with Crippen LogP contribution in [0.25, 0.3) is 0 Å². The second kappa shape index (κ2) is 4.40. The van der Waals surface area contributed by atoms with Crippen molar-refractivity contribution in [3.8, 4) is 0 Å². The molecule has 0 spiro atoms. The van der Waals surface area contributed by atoms with Crippen molar-refractivity contribution < 1.29 is 13.6 Å². The number of hydrogen-bond donors (Lipinski definition) is 1. The van der Waals surface area contributed by atoms with Crippen molar-refractivity contribution in [2.45, 2.75) is 12.8 Å². The number of rotatable bonds is 2. The summed E-state index contributed by atoms with van der Waals surface area (Å²) in [6.45, 7) is 0.503. The highest BCUT2D eigenvalue weighted by Gasteiger charge is 2.32. The summed E-state index contributed by atoms with van der Waals surface area (Å²) in [7, 11) is 0. The molecule has 0 fully saturated rings. The van der Waals surface area contributed by atoms with Gasteiger partial charge in [0.05, 0.1) is 9.50 Å². The normalized spacial score (nSPS) is 11.3. The zero-order valence-corrected chi connectivity index (χ0v) is 9.86. The minimum Gasteiger partial charge on any atom is -0.305 e. The molecule has 0 aliphatic carbocycles. The van der Waals surface area contributed by atoms with E-state index < -0.39 is 11.8 Å². The van der Waals surface area contributed by atoms with E-state index in [2.05, 4.69) is 20.9 Å². The summed E-state index contributed by atoms with van der Waals surface area (Å²) < 4.78 is 25.5. The molecule has 82 valence electrons. The third-order valence-electron chi connectivity index (χ3n) is 1.45. The van der Waals surface area contributed by atoms with Crippen LogP contribution in [0.4, 0.5) is 14.6 Å². The summed E-state index contributed by atoms with van der Waals surface area (Å²) >= 11 is 8.77. The quantitative estimate of drug-likeness (QED) is 0.912. The van der Waals surface area contributed by atoms with Crippen LogP contribution in [-0.2, 0) is 4.79 Å². The lowest BCUT2D eigenvalue weighted by Crippen LogP contribution is -2.31. The van der Waals surface area contributed by atoms with Gasteiger partial charge in [0.2, 0.25) is 0 Å². The highest BCUT2D eigenvalue weighted by atomic mass is 79.9. The van der Waals surface area contributed by atoms with Crippen molar-refractivity contribution in [3.63, 3.8) is 0 Å². The molecular formula is C8H6BrClF2N2O. The highest BCUT2D eigenvalue weighted by molar-refractivity contribution is 9.10. The topological polar surface area (TPSA) is 42.0 Å². The summed E-state index contributed by atoms with van der Waals surface area (Å²) in [5.74, 6) is -4.88. The fourth-order valence-electron chi connectivity index (χ4n) is 0.709. The number of pyridine rings is 1. The zero-order valence-electron chi connectivity index (χ0n) is 7.52. The standard InChI is InChI=1S/C8H6BrClF2N2O/c1-8(11,12)7(15)14-6-2-5(10)4(9)3-13-6/h2-3H,1H3,(H,13,14,15). The summed E-state index contributed by atoms with van der Waals surface area (Å²) in [6, 6.07) is 1.27. The second-order valence-electron chi connectivity index (χ2n) is 2.83. The third kappa shape index (κ3) is 3.39. The smallest absolute Gasteiger partial charge is 0.305 e. The van der Waals surface area contributed by atoms with Gasteiger partial charge in [-0.3, -0.25) is 4.79 Å². The van der Waals surface area contributed by atoms with Gasteiger partial charge >= 0.3 is 5.92 Å². The summed E-state index contributed by atoms with van der Waals surface area (Å²) in [5.41, 5.74) is 0. The monoisotopic (exact) mass is 298 g/mol. The molecule has 0 aromatic carbocycles. The molecular weight excluding hydrogens is 293 g/mol. The van der Waals surface area contributed by atoms with Crippen LogP contribution in [0, 0.1) is 0 Å². The number of nitrogens with one attached hydrogen (secondary N) is 1. The molecule has 15 heavy (non-hydrogen) atoms. The molecule has 0 bridgehead atoms. The maximum absolute atomic E-state index is 12.5. The lowest BCUT2D eigenvalue weighted by Gasteiger charge is -2.10. The van der Waals surface area contributed by atoms with Gasteiger partial charge in [0.1, 0.15) is 5.82 Å². The van der Waals surface area contributed by atoms with Crippen molar-refractivity contribution in [3.05, 3.63) is 21.8 Å². The van der Waals surface area contributed by atoms with Crippen LogP contribution >= 0.6 is 27.5 Å². The molecule has 1 aromatic heterocycles.